The number of ether oxygens (including phenoxy) is 1. The Bertz CT molecular complexity index is 783. The lowest BCUT2D eigenvalue weighted by atomic mass is 10.2. The average molecular weight is 264 g/mol. The van der Waals surface area contributed by atoms with Gasteiger partial charge in [0.15, 0.2) is 0 Å². The Balaban J connectivity index is 0.000000123. The first kappa shape index (κ1) is 12.4. The van der Waals surface area contributed by atoms with E-state index in [0.29, 0.717) is 0 Å². The summed E-state index contributed by atoms with van der Waals surface area (Å²) in [6.07, 6.45) is 3.87. The Morgan fingerprint density at radius 1 is 0.750 bits per heavy atom. The third-order valence-electron chi connectivity index (χ3n) is 3.22. The normalized spacial score (nSPS) is 10.2. The highest BCUT2D eigenvalue weighted by atomic mass is 16.5. The zero-order chi connectivity index (χ0) is 13.8. The van der Waals surface area contributed by atoms with Crippen molar-refractivity contribution in [3.8, 4) is 5.75 Å². The van der Waals surface area contributed by atoms with Crippen LogP contribution in [0.25, 0.3) is 21.8 Å². The number of para-hydroxylation sites is 1. The number of rotatable bonds is 1. The summed E-state index contributed by atoms with van der Waals surface area (Å²) in [6.45, 7) is 0. The molecule has 2 N–H and O–H groups in total. The lowest BCUT2D eigenvalue weighted by Crippen LogP contribution is -1.80. The van der Waals surface area contributed by atoms with E-state index < -0.39 is 0 Å². The van der Waals surface area contributed by atoms with Crippen LogP contribution in [0.5, 0.6) is 5.75 Å². The van der Waals surface area contributed by atoms with Crippen LogP contribution in [-0.4, -0.2) is 17.1 Å². The van der Waals surface area contributed by atoms with E-state index >= 15 is 0 Å². The number of hydrogen-bond donors (Lipinski definition) is 2. The Morgan fingerprint density at radius 3 is 2.20 bits per heavy atom. The molecule has 2 heterocycles. The molecule has 20 heavy (non-hydrogen) atoms. The van der Waals surface area contributed by atoms with Gasteiger partial charge >= 0.3 is 0 Å². The maximum Gasteiger partial charge on any atom is 0.119 e. The molecule has 0 aliphatic heterocycles. The maximum absolute atomic E-state index is 5.08. The predicted molar refractivity (Wildman–Crippen MR) is 83.1 cm³/mol. The molecule has 2 aromatic carbocycles. The standard InChI is InChI=1S/C9H9NO.C8H7N/c1-11-8-2-3-9-7(6-8)4-5-10-9;1-2-4-8-7(3-1)5-6-9-8/h2-6,10H,1H3;1-6,9H. The molecule has 4 rings (SSSR count). The van der Waals surface area contributed by atoms with Crippen molar-refractivity contribution in [2.24, 2.45) is 0 Å². The Labute approximate surface area is 117 Å². The van der Waals surface area contributed by atoms with Gasteiger partial charge in [0.2, 0.25) is 0 Å². The fourth-order valence-electron chi connectivity index (χ4n) is 2.15. The summed E-state index contributed by atoms with van der Waals surface area (Å²) in [5.74, 6) is 0.900. The largest absolute Gasteiger partial charge is 0.497 e. The third-order valence-corrected chi connectivity index (χ3v) is 3.22. The van der Waals surface area contributed by atoms with Crippen LogP contribution < -0.4 is 4.74 Å². The minimum atomic E-state index is 0.900. The minimum absolute atomic E-state index is 0.900. The van der Waals surface area contributed by atoms with E-state index in [9.17, 15) is 0 Å². The van der Waals surface area contributed by atoms with Crippen LogP contribution in [0.3, 0.4) is 0 Å². The van der Waals surface area contributed by atoms with Crippen LogP contribution in [-0.2, 0) is 0 Å². The van der Waals surface area contributed by atoms with Gasteiger partial charge in [-0.15, -0.1) is 0 Å². The Kier molecular flexibility index (Phi) is 3.42. The van der Waals surface area contributed by atoms with Crippen LogP contribution in [0.2, 0.25) is 0 Å². The second-order valence-corrected chi connectivity index (χ2v) is 4.50. The molecule has 2 aromatic heterocycles. The van der Waals surface area contributed by atoms with Gasteiger partial charge in [-0.25, -0.2) is 0 Å². The summed E-state index contributed by atoms with van der Waals surface area (Å²) < 4.78 is 5.08. The van der Waals surface area contributed by atoms with Crippen molar-refractivity contribution in [3.63, 3.8) is 0 Å². The summed E-state index contributed by atoms with van der Waals surface area (Å²) in [4.78, 5) is 6.23. The molecule has 0 aliphatic carbocycles. The summed E-state index contributed by atoms with van der Waals surface area (Å²) in [5, 5.41) is 2.46. The van der Waals surface area contributed by atoms with Gasteiger partial charge in [-0.2, -0.15) is 0 Å². The second-order valence-electron chi connectivity index (χ2n) is 4.50. The zero-order valence-corrected chi connectivity index (χ0v) is 11.3. The SMILES string of the molecule is COc1ccc2[nH]ccc2c1.c1ccc2[nH]ccc2c1. The molecule has 3 heteroatoms. The van der Waals surface area contributed by atoms with Crippen LogP contribution in [0.4, 0.5) is 0 Å². The highest BCUT2D eigenvalue weighted by molar-refractivity contribution is 5.80. The molecule has 0 saturated carbocycles. The minimum Gasteiger partial charge on any atom is -0.497 e. The zero-order valence-electron chi connectivity index (χ0n) is 11.3. The van der Waals surface area contributed by atoms with E-state index in [4.69, 9.17) is 4.74 Å². The Morgan fingerprint density at radius 2 is 1.45 bits per heavy atom. The molecule has 3 nitrogen and oxygen atoms in total. The number of hydrogen-bond acceptors (Lipinski definition) is 1. The lowest BCUT2D eigenvalue weighted by Gasteiger charge is -1.97. The maximum atomic E-state index is 5.08. The first-order chi connectivity index (χ1) is 9.86. The summed E-state index contributed by atoms with van der Waals surface area (Å²) in [6, 6.07) is 18.3. The smallest absolute Gasteiger partial charge is 0.119 e. The van der Waals surface area contributed by atoms with Crippen molar-refractivity contribution in [2.75, 3.05) is 7.11 Å². The van der Waals surface area contributed by atoms with E-state index in [1.54, 1.807) is 7.11 Å². The molecule has 0 amide bonds. The van der Waals surface area contributed by atoms with Crippen LogP contribution in [0.1, 0.15) is 0 Å². The number of benzene rings is 2. The summed E-state index contributed by atoms with van der Waals surface area (Å²) >= 11 is 0. The highest BCUT2D eigenvalue weighted by Gasteiger charge is 1.94. The molecule has 0 saturated heterocycles. The molecule has 100 valence electrons. The predicted octanol–water partition coefficient (Wildman–Crippen LogP) is 4.34. The topological polar surface area (TPSA) is 40.8 Å². The molecule has 0 fully saturated rings. The molecule has 0 aliphatic rings. The van der Waals surface area contributed by atoms with Gasteiger partial charge in [-0.05, 0) is 41.8 Å². The van der Waals surface area contributed by atoms with Gasteiger partial charge in [0.25, 0.3) is 0 Å². The quantitative estimate of drug-likeness (QED) is 0.527. The van der Waals surface area contributed by atoms with E-state index in [1.165, 1.54) is 16.3 Å². The fourth-order valence-corrected chi connectivity index (χ4v) is 2.15. The lowest BCUT2D eigenvalue weighted by molar-refractivity contribution is 0.415. The monoisotopic (exact) mass is 264 g/mol. The van der Waals surface area contributed by atoms with Crippen molar-refractivity contribution in [1.82, 2.24) is 9.97 Å². The van der Waals surface area contributed by atoms with Crippen LogP contribution in [0.15, 0.2) is 67.0 Å². The molecular formula is C17H16N2O. The fraction of sp³-hybridized carbons (Fsp3) is 0.0588. The van der Waals surface area contributed by atoms with Crippen molar-refractivity contribution >= 4 is 21.8 Å². The van der Waals surface area contributed by atoms with Gasteiger partial charge in [0.1, 0.15) is 5.75 Å². The molecule has 0 atom stereocenters. The van der Waals surface area contributed by atoms with Gasteiger partial charge in [-0.3, -0.25) is 0 Å². The first-order valence-corrected chi connectivity index (χ1v) is 6.50. The molecule has 0 radical (unpaired) electrons. The first-order valence-electron chi connectivity index (χ1n) is 6.50. The molecule has 0 bridgehead atoms. The number of aromatic amines is 2. The summed E-state index contributed by atoms with van der Waals surface area (Å²) in [7, 11) is 1.67. The van der Waals surface area contributed by atoms with Crippen molar-refractivity contribution in [2.45, 2.75) is 0 Å². The number of aromatic nitrogens is 2. The van der Waals surface area contributed by atoms with Crippen molar-refractivity contribution in [1.29, 1.82) is 0 Å². The molecule has 0 unspecified atom stereocenters. The highest BCUT2D eigenvalue weighted by Crippen LogP contribution is 2.18. The number of methoxy groups -OCH3 is 1. The van der Waals surface area contributed by atoms with Gasteiger partial charge in [0, 0.05) is 28.8 Å². The molecule has 0 spiro atoms. The number of fused-ring (bicyclic) bond motifs is 2. The van der Waals surface area contributed by atoms with Crippen LogP contribution >= 0.6 is 0 Å². The number of H-pyrrole nitrogens is 2. The second kappa shape index (κ2) is 5.53. The van der Waals surface area contributed by atoms with Gasteiger partial charge in [-0.1, -0.05) is 18.2 Å². The molecular weight excluding hydrogens is 248 g/mol. The van der Waals surface area contributed by atoms with E-state index in [2.05, 4.69) is 28.2 Å². The van der Waals surface area contributed by atoms with Gasteiger partial charge in [0.05, 0.1) is 7.11 Å². The van der Waals surface area contributed by atoms with E-state index in [-0.39, 0.29) is 0 Å². The third kappa shape index (κ3) is 2.52. The average Bonchev–Trinajstić information content (AvgIpc) is 3.15. The number of nitrogens with one attached hydrogen (secondary N) is 2. The van der Waals surface area contributed by atoms with E-state index in [0.717, 1.165) is 11.3 Å². The Hall–Kier alpha value is -2.68. The van der Waals surface area contributed by atoms with Crippen molar-refractivity contribution in [3.05, 3.63) is 67.0 Å². The van der Waals surface area contributed by atoms with Crippen LogP contribution in [0, 0.1) is 0 Å². The van der Waals surface area contributed by atoms with E-state index in [1.807, 2.05) is 48.8 Å². The van der Waals surface area contributed by atoms with Crippen molar-refractivity contribution < 1.29 is 4.74 Å². The van der Waals surface area contributed by atoms with Gasteiger partial charge < -0.3 is 14.7 Å². The molecule has 4 aromatic rings. The summed E-state index contributed by atoms with van der Waals surface area (Å²) in [5.41, 5.74) is 2.35.